The normalized spacial score (nSPS) is 10.6. The van der Waals surface area contributed by atoms with Crippen molar-refractivity contribution in [3.63, 3.8) is 0 Å². The van der Waals surface area contributed by atoms with Gasteiger partial charge in [0.15, 0.2) is 11.5 Å². The van der Waals surface area contributed by atoms with Crippen molar-refractivity contribution in [1.29, 1.82) is 0 Å². The fourth-order valence-electron chi connectivity index (χ4n) is 2.89. The SMILES string of the molecule is COc1ccccc1OCCOc1ccc2ccccc2c1CCN. The van der Waals surface area contributed by atoms with E-state index in [0.29, 0.717) is 25.5 Å². The van der Waals surface area contributed by atoms with E-state index in [9.17, 15) is 0 Å². The first-order valence-corrected chi connectivity index (χ1v) is 8.43. The lowest BCUT2D eigenvalue weighted by molar-refractivity contribution is 0.210. The molecule has 0 amide bonds. The Morgan fingerprint density at radius 1 is 0.760 bits per heavy atom. The van der Waals surface area contributed by atoms with Crippen LogP contribution in [0.15, 0.2) is 60.7 Å². The Kier molecular flexibility index (Phi) is 5.75. The Hall–Kier alpha value is -2.72. The van der Waals surface area contributed by atoms with Gasteiger partial charge in [0.25, 0.3) is 0 Å². The molecule has 0 heterocycles. The third-order valence-electron chi connectivity index (χ3n) is 4.06. The van der Waals surface area contributed by atoms with Crippen molar-refractivity contribution in [2.75, 3.05) is 26.9 Å². The van der Waals surface area contributed by atoms with Gasteiger partial charge in [-0.25, -0.2) is 0 Å². The summed E-state index contributed by atoms with van der Waals surface area (Å²) >= 11 is 0. The highest BCUT2D eigenvalue weighted by Crippen LogP contribution is 2.29. The average Bonchev–Trinajstić information content (AvgIpc) is 2.67. The molecule has 4 heteroatoms. The smallest absolute Gasteiger partial charge is 0.161 e. The third-order valence-corrected chi connectivity index (χ3v) is 4.06. The van der Waals surface area contributed by atoms with Gasteiger partial charge in [-0.2, -0.15) is 0 Å². The summed E-state index contributed by atoms with van der Waals surface area (Å²) in [6.45, 7) is 1.48. The zero-order chi connectivity index (χ0) is 17.5. The number of methoxy groups -OCH3 is 1. The molecule has 0 aliphatic rings. The molecule has 3 rings (SSSR count). The summed E-state index contributed by atoms with van der Waals surface area (Å²) in [6.07, 6.45) is 0.782. The van der Waals surface area contributed by atoms with Crippen LogP contribution in [0.3, 0.4) is 0 Å². The van der Waals surface area contributed by atoms with E-state index in [-0.39, 0.29) is 0 Å². The summed E-state index contributed by atoms with van der Waals surface area (Å²) in [7, 11) is 1.63. The first-order valence-electron chi connectivity index (χ1n) is 8.43. The van der Waals surface area contributed by atoms with Crippen molar-refractivity contribution < 1.29 is 14.2 Å². The molecule has 3 aromatic rings. The van der Waals surface area contributed by atoms with Gasteiger partial charge < -0.3 is 19.9 Å². The zero-order valence-electron chi connectivity index (χ0n) is 14.4. The summed E-state index contributed by atoms with van der Waals surface area (Å²) in [5.74, 6) is 2.30. The van der Waals surface area contributed by atoms with Crippen molar-refractivity contribution in [2.24, 2.45) is 5.73 Å². The van der Waals surface area contributed by atoms with Crippen molar-refractivity contribution in [3.05, 3.63) is 66.2 Å². The fraction of sp³-hybridized carbons (Fsp3) is 0.238. The minimum absolute atomic E-state index is 0.440. The number of ether oxygens (including phenoxy) is 3. The van der Waals surface area contributed by atoms with E-state index < -0.39 is 0 Å². The Labute approximate surface area is 148 Å². The van der Waals surface area contributed by atoms with Crippen LogP contribution in [0.5, 0.6) is 17.2 Å². The molecule has 4 nitrogen and oxygen atoms in total. The van der Waals surface area contributed by atoms with Crippen LogP contribution in [-0.2, 0) is 6.42 Å². The average molecular weight is 337 g/mol. The van der Waals surface area contributed by atoms with Crippen molar-refractivity contribution in [3.8, 4) is 17.2 Å². The summed E-state index contributed by atoms with van der Waals surface area (Å²) in [4.78, 5) is 0. The standard InChI is InChI=1S/C21H23NO3/c1-23-20-8-4-5-9-21(20)25-15-14-24-19-11-10-16-6-2-3-7-17(16)18(19)12-13-22/h2-11H,12-15,22H2,1H3. The zero-order valence-corrected chi connectivity index (χ0v) is 14.4. The predicted molar refractivity (Wildman–Crippen MR) is 101 cm³/mol. The maximum atomic E-state index is 5.97. The second kappa shape index (κ2) is 8.40. The van der Waals surface area contributed by atoms with E-state index in [2.05, 4.69) is 18.2 Å². The van der Waals surface area contributed by atoms with Gasteiger partial charge in [-0.1, -0.05) is 42.5 Å². The van der Waals surface area contributed by atoms with Gasteiger partial charge in [-0.15, -0.1) is 0 Å². The first-order chi connectivity index (χ1) is 12.3. The lowest BCUT2D eigenvalue weighted by Crippen LogP contribution is -2.12. The summed E-state index contributed by atoms with van der Waals surface area (Å²) in [6, 6.07) is 20.0. The molecule has 0 aliphatic carbocycles. The minimum Gasteiger partial charge on any atom is -0.493 e. The van der Waals surface area contributed by atoms with Crippen molar-refractivity contribution in [1.82, 2.24) is 0 Å². The number of hydrogen-bond acceptors (Lipinski definition) is 4. The molecule has 0 atom stereocenters. The van der Waals surface area contributed by atoms with Crippen LogP contribution in [0.1, 0.15) is 5.56 Å². The van der Waals surface area contributed by atoms with Gasteiger partial charge in [-0.05, 0) is 41.9 Å². The molecular weight excluding hydrogens is 314 g/mol. The highest BCUT2D eigenvalue weighted by atomic mass is 16.5. The van der Waals surface area contributed by atoms with Gasteiger partial charge in [0.2, 0.25) is 0 Å². The van der Waals surface area contributed by atoms with Crippen molar-refractivity contribution in [2.45, 2.75) is 6.42 Å². The predicted octanol–water partition coefficient (Wildman–Crippen LogP) is 3.81. The van der Waals surface area contributed by atoms with Crippen LogP contribution in [0.4, 0.5) is 0 Å². The lowest BCUT2D eigenvalue weighted by atomic mass is 10.0. The summed E-state index contributed by atoms with van der Waals surface area (Å²) in [5.41, 5.74) is 6.94. The Morgan fingerprint density at radius 2 is 1.44 bits per heavy atom. The number of fused-ring (bicyclic) bond motifs is 1. The molecule has 3 aromatic carbocycles. The minimum atomic E-state index is 0.440. The van der Waals surface area contributed by atoms with Crippen LogP contribution in [0.2, 0.25) is 0 Å². The van der Waals surface area contributed by atoms with Gasteiger partial charge in [0.05, 0.1) is 7.11 Å². The quantitative estimate of drug-likeness (QED) is 0.635. The maximum absolute atomic E-state index is 5.97. The molecule has 0 fully saturated rings. The van der Waals surface area contributed by atoms with E-state index in [4.69, 9.17) is 19.9 Å². The van der Waals surface area contributed by atoms with Gasteiger partial charge in [0.1, 0.15) is 19.0 Å². The second-order valence-electron chi connectivity index (χ2n) is 5.65. The van der Waals surface area contributed by atoms with Crippen LogP contribution in [0, 0.1) is 0 Å². The van der Waals surface area contributed by atoms with Crippen LogP contribution < -0.4 is 19.9 Å². The van der Waals surface area contributed by atoms with Crippen LogP contribution >= 0.6 is 0 Å². The molecule has 0 bridgehead atoms. The summed E-state index contributed by atoms with van der Waals surface area (Å²) < 4.78 is 17.0. The number of rotatable bonds is 8. The second-order valence-corrected chi connectivity index (χ2v) is 5.65. The van der Waals surface area contributed by atoms with Crippen LogP contribution in [-0.4, -0.2) is 26.9 Å². The van der Waals surface area contributed by atoms with Gasteiger partial charge in [-0.3, -0.25) is 0 Å². The highest BCUT2D eigenvalue weighted by Gasteiger charge is 2.09. The van der Waals surface area contributed by atoms with E-state index in [1.807, 2.05) is 42.5 Å². The van der Waals surface area contributed by atoms with E-state index >= 15 is 0 Å². The lowest BCUT2D eigenvalue weighted by Gasteiger charge is -2.15. The van der Waals surface area contributed by atoms with E-state index in [1.165, 1.54) is 10.8 Å². The molecule has 0 aromatic heterocycles. The number of hydrogen-bond donors (Lipinski definition) is 1. The molecule has 0 saturated carbocycles. The monoisotopic (exact) mass is 337 g/mol. The molecular formula is C21H23NO3. The largest absolute Gasteiger partial charge is 0.493 e. The molecule has 2 N–H and O–H groups in total. The number of benzene rings is 3. The highest BCUT2D eigenvalue weighted by molar-refractivity contribution is 5.87. The molecule has 0 unspecified atom stereocenters. The van der Waals surface area contributed by atoms with Crippen molar-refractivity contribution >= 4 is 10.8 Å². The fourth-order valence-corrected chi connectivity index (χ4v) is 2.89. The van der Waals surface area contributed by atoms with Crippen LogP contribution in [0.25, 0.3) is 10.8 Å². The van der Waals surface area contributed by atoms with E-state index in [1.54, 1.807) is 7.11 Å². The Bertz CT molecular complexity index is 832. The molecule has 0 spiro atoms. The third kappa shape index (κ3) is 4.03. The Balaban J connectivity index is 1.67. The molecule has 0 saturated heterocycles. The van der Waals surface area contributed by atoms with E-state index in [0.717, 1.165) is 23.5 Å². The molecule has 130 valence electrons. The molecule has 0 radical (unpaired) electrons. The number of nitrogens with two attached hydrogens (primary N) is 1. The number of para-hydroxylation sites is 2. The summed E-state index contributed by atoms with van der Waals surface area (Å²) in [5, 5.41) is 2.39. The molecule has 25 heavy (non-hydrogen) atoms. The molecule has 0 aliphatic heterocycles. The van der Waals surface area contributed by atoms with Gasteiger partial charge >= 0.3 is 0 Å². The first kappa shape index (κ1) is 17.1. The Morgan fingerprint density at radius 3 is 2.20 bits per heavy atom. The topological polar surface area (TPSA) is 53.7 Å². The maximum Gasteiger partial charge on any atom is 0.161 e. The van der Waals surface area contributed by atoms with Gasteiger partial charge in [0, 0.05) is 5.56 Å².